The van der Waals surface area contributed by atoms with Gasteiger partial charge in [-0.15, -0.1) is 0 Å². The summed E-state index contributed by atoms with van der Waals surface area (Å²) in [6.07, 6.45) is 0.777. The van der Waals surface area contributed by atoms with Crippen molar-refractivity contribution in [1.29, 1.82) is 0 Å². The summed E-state index contributed by atoms with van der Waals surface area (Å²) in [5, 5.41) is 2.86. The lowest BCUT2D eigenvalue weighted by atomic mass is 10.1. The van der Waals surface area contributed by atoms with Gasteiger partial charge < -0.3 is 14.5 Å². The van der Waals surface area contributed by atoms with Crippen molar-refractivity contribution >= 4 is 5.91 Å². The molecule has 4 nitrogen and oxygen atoms in total. The van der Waals surface area contributed by atoms with E-state index >= 15 is 0 Å². The minimum atomic E-state index is -0.245. The van der Waals surface area contributed by atoms with Gasteiger partial charge in [0, 0.05) is 12.6 Å². The highest BCUT2D eigenvalue weighted by molar-refractivity contribution is 5.91. The second-order valence-electron chi connectivity index (χ2n) is 6.03. The van der Waals surface area contributed by atoms with E-state index in [1.807, 2.05) is 31.2 Å². The zero-order valence-corrected chi connectivity index (χ0v) is 14.4. The number of furan rings is 1. The maximum atomic E-state index is 12.1. The van der Waals surface area contributed by atoms with Gasteiger partial charge in [0.05, 0.1) is 0 Å². The van der Waals surface area contributed by atoms with Gasteiger partial charge in [-0.2, -0.15) is 0 Å². The van der Waals surface area contributed by atoms with E-state index in [-0.39, 0.29) is 11.7 Å². The molecule has 0 unspecified atom stereocenters. The van der Waals surface area contributed by atoms with Crippen LogP contribution in [-0.4, -0.2) is 12.5 Å². The van der Waals surface area contributed by atoms with Crippen LogP contribution in [0.15, 0.2) is 65.1 Å². The fraction of sp³-hybridized carbons (Fsp3) is 0.190. The highest BCUT2D eigenvalue weighted by Gasteiger charge is 2.12. The van der Waals surface area contributed by atoms with E-state index in [2.05, 4.69) is 36.5 Å². The molecule has 1 aromatic heterocycles. The number of nitrogens with one attached hydrogen (secondary N) is 1. The van der Waals surface area contributed by atoms with Crippen molar-refractivity contribution in [2.75, 3.05) is 6.54 Å². The average molecular weight is 335 g/mol. The number of ether oxygens (including phenoxy) is 1. The van der Waals surface area contributed by atoms with Gasteiger partial charge in [-0.3, -0.25) is 4.79 Å². The van der Waals surface area contributed by atoms with Gasteiger partial charge in [0.1, 0.15) is 5.75 Å². The predicted octanol–water partition coefficient (Wildman–Crippen LogP) is 4.66. The molecule has 0 radical (unpaired) electrons. The molecule has 3 aromatic rings. The van der Waals surface area contributed by atoms with Crippen molar-refractivity contribution in [3.05, 3.63) is 83.1 Å². The Morgan fingerprint density at radius 3 is 2.24 bits per heavy atom. The first-order valence-corrected chi connectivity index (χ1v) is 8.28. The van der Waals surface area contributed by atoms with Gasteiger partial charge in [-0.25, -0.2) is 0 Å². The van der Waals surface area contributed by atoms with Crippen LogP contribution in [0.25, 0.3) is 0 Å². The van der Waals surface area contributed by atoms with Crippen LogP contribution < -0.4 is 10.1 Å². The average Bonchev–Trinajstić information content (AvgIpc) is 3.07. The lowest BCUT2D eigenvalue weighted by Gasteiger charge is -2.04. The van der Waals surface area contributed by atoms with Crippen LogP contribution in [0.1, 0.15) is 27.2 Å². The van der Waals surface area contributed by atoms with Crippen molar-refractivity contribution in [3.63, 3.8) is 0 Å². The summed E-state index contributed by atoms with van der Waals surface area (Å²) in [7, 11) is 0. The van der Waals surface area contributed by atoms with Crippen LogP contribution in [0, 0.1) is 13.8 Å². The number of amides is 1. The highest BCUT2D eigenvalue weighted by Crippen LogP contribution is 2.23. The van der Waals surface area contributed by atoms with E-state index in [4.69, 9.17) is 9.15 Å². The standard InChI is InChI=1S/C21H21NO3/c1-15-3-7-17(8-4-15)13-14-22-21(23)19-11-12-20(25-19)24-18-9-5-16(2)6-10-18/h3-12H,13-14H2,1-2H3,(H,22,23). The van der Waals surface area contributed by atoms with Gasteiger partial charge in [0.25, 0.3) is 11.9 Å². The molecule has 128 valence electrons. The maximum Gasteiger partial charge on any atom is 0.290 e. The third-order valence-electron chi connectivity index (χ3n) is 3.86. The van der Waals surface area contributed by atoms with Crippen molar-refractivity contribution < 1.29 is 13.9 Å². The van der Waals surface area contributed by atoms with Crippen LogP contribution in [0.5, 0.6) is 11.7 Å². The van der Waals surface area contributed by atoms with E-state index in [1.165, 1.54) is 11.1 Å². The molecule has 4 heteroatoms. The fourth-order valence-electron chi connectivity index (χ4n) is 2.38. The summed E-state index contributed by atoms with van der Waals surface area (Å²) in [6, 6.07) is 19.2. The maximum absolute atomic E-state index is 12.1. The zero-order chi connectivity index (χ0) is 17.6. The first-order valence-electron chi connectivity index (χ1n) is 8.28. The minimum absolute atomic E-state index is 0.242. The first-order chi connectivity index (χ1) is 12.1. The van der Waals surface area contributed by atoms with Crippen LogP contribution in [-0.2, 0) is 6.42 Å². The second kappa shape index (κ2) is 7.71. The zero-order valence-electron chi connectivity index (χ0n) is 14.4. The summed E-state index contributed by atoms with van der Waals surface area (Å²) in [5.41, 5.74) is 3.57. The number of carbonyl (C=O) groups is 1. The van der Waals surface area contributed by atoms with E-state index < -0.39 is 0 Å². The SMILES string of the molecule is Cc1ccc(CCNC(=O)c2ccc(Oc3ccc(C)cc3)o2)cc1. The molecule has 0 spiro atoms. The van der Waals surface area contributed by atoms with E-state index in [0.717, 1.165) is 12.0 Å². The molecule has 0 bridgehead atoms. The van der Waals surface area contributed by atoms with Crippen LogP contribution in [0.2, 0.25) is 0 Å². The third kappa shape index (κ3) is 4.73. The topological polar surface area (TPSA) is 51.5 Å². The molecular formula is C21H21NO3. The normalized spacial score (nSPS) is 10.5. The summed E-state index contributed by atoms with van der Waals surface area (Å²) in [4.78, 5) is 12.1. The summed E-state index contributed by atoms with van der Waals surface area (Å²) < 4.78 is 11.1. The van der Waals surface area contributed by atoms with E-state index in [9.17, 15) is 4.79 Å². The van der Waals surface area contributed by atoms with Crippen LogP contribution in [0.4, 0.5) is 0 Å². The van der Waals surface area contributed by atoms with E-state index in [1.54, 1.807) is 12.1 Å². The Labute approximate surface area is 147 Å². The largest absolute Gasteiger partial charge is 0.426 e. The minimum Gasteiger partial charge on any atom is -0.426 e. The number of aryl methyl sites for hydroxylation is 2. The Balaban J connectivity index is 1.51. The van der Waals surface area contributed by atoms with Crippen LogP contribution in [0.3, 0.4) is 0 Å². The molecule has 25 heavy (non-hydrogen) atoms. The van der Waals surface area contributed by atoms with Gasteiger partial charge in [0.2, 0.25) is 0 Å². The van der Waals surface area contributed by atoms with Gasteiger partial charge in [-0.05, 0) is 44.0 Å². The molecular weight excluding hydrogens is 314 g/mol. The predicted molar refractivity (Wildman–Crippen MR) is 97.2 cm³/mol. The third-order valence-corrected chi connectivity index (χ3v) is 3.86. The second-order valence-corrected chi connectivity index (χ2v) is 6.03. The molecule has 2 aromatic carbocycles. The Bertz CT molecular complexity index is 832. The number of hydrogen-bond acceptors (Lipinski definition) is 3. The molecule has 1 heterocycles. The van der Waals surface area contributed by atoms with Crippen molar-refractivity contribution in [1.82, 2.24) is 5.32 Å². The van der Waals surface area contributed by atoms with Crippen molar-refractivity contribution in [3.8, 4) is 11.7 Å². The quantitative estimate of drug-likeness (QED) is 0.713. The summed E-state index contributed by atoms with van der Waals surface area (Å²) >= 11 is 0. The molecule has 0 aliphatic carbocycles. The number of hydrogen-bond donors (Lipinski definition) is 1. The highest BCUT2D eigenvalue weighted by atomic mass is 16.6. The van der Waals surface area contributed by atoms with Crippen molar-refractivity contribution in [2.45, 2.75) is 20.3 Å². The fourth-order valence-corrected chi connectivity index (χ4v) is 2.38. The van der Waals surface area contributed by atoms with E-state index in [0.29, 0.717) is 18.2 Å². The lowest BCUT2D eigenvalue weighted by molar-refractivity contribution is 0.0921. The molecule has 0 saturated heterocycles. The molecule has 1 amide bonds. The Morgan fingerprint density at radius 2 is 1.56 bits per heavy atom. The molecule has 0 saturated carbocycles. The Kier molecular flexibility index (Phi) is 5.19. The number of rotatable bonds is 6. The summed E-state index contributed by atoms with van der Waals surface area (Å²) in [6.45, 7) is 4.62. The van der Waals surface area contributed by atoms with Gasteiger partial charge in [0.15, 0.2) is 5.76 Å². The lowest BCUT2D eigenvalue weighted by Crippen LogP contribution is -2.25. The number of carbonyl (C=O) groups excluding carboxylic acids is 1. The molecule has 0 aliphatic rings. The van der Waals surface area contributed by atoms with Gasteiger partial charge in [-0.1, -0.05) is 47.5 Å². The molecule has 0 aliphatic heterocycles. The van der Waals surface area contributed by atoms with Gasteiger partial charge >= 0.3 is 0 Å². The monoisotopic (exact) mass is 335 g/mol. The molecule has 3 rings (SSSR count). The van der Waals surface area contributed by atoms with Crippen molar-refractivity contribution in [2.24, 2.45) is 0 Å². The molecule has 0 fully saturated rings. The molecule has 0 atom stereocenters. The Hall–Kier alpha value is -3.01. The Morgan fingerprint density at radius 1 is 0.920 bits per heavy atom. The van der Waals surface area contributed by atoms with Crippen LogP contribution >= 0.6 is 0 Å². The smallest absolute Gasteiger partial charge is 0.290 e. The number of benzene rings is 2. The summed E-state index contributed by atoms with van der Waals surface area (Å²) in [5.74, 6) is 0.968. The first kappa shape index (κ1) is 16.8. The molecule has 1 N–H and O–H groups in total.